The Bertz CT molecular complexity index is 744. The van der Waals surface area contributed by atoms with Gasteiger partial charge in [-0.05, 0) is 41.1 Å². The third-order valence-electron chi connectivity index (χ3n) is 2.75. The van der Waals surface area contributed by atoms with E-state index in [0.29, 0.717) is 25.9 Å². The number of carbonyl (C=O) groups excluding carboxylic acids is 1. The molecule has 7 heteroatoms. The standard InChI is InChI=1S/C13H9BrCl2N2O2/c1-7-17-5-9(14)13(20)18(7)6-12(19)8-2-3-10(15)11(16)4-8/h2-5H,6H2,1H3. The zero-order valence-corrected chi connectivity index (χ0v) is 13.5. The maximum Gasteiger partial charge on any atom is 0.268 e. The van der Waals surface area contributed by atoms with Gasteiger partial charge in [-0.3, -0.25) is 14.2 Å². The quantitative estimate of drug-likeness (QED) is 0.771. The van der Waals surface area contributed by atoms with Crippen molar-refractivity contribution in [2.75, 3.05) is 0 Å². The lowest BCUT2D eigenvalue weighted by Crippen LogP contribution is -2.27. The van der Waals surface area contributed by atoms with Crippen molar-refractivity contribution in [2.45, 2.75) is 13.5 Å². The van der Waals surface area contributed by atoms with E-state index >= 15 is 0 Å². The van der Waals surface area contributed by atoms with Crippen molar-refractivity contribution in [2.24, 2.45) is 0 Å². The Morgan fingerprint density at radius 1 is 1.35 bits per heavy atom. The van der Waals surface area contributed by atoms with Crippen LogP contribution in [0, 0.1) is 6.92 Å². The molecule has 0 atom stereocenters. The van der Waals surface area contributed by atoms with Crippen molar-refractivity contribution >= 4 is 44.9 Å². The average molecular weight is 376 g/mol. The van der Waals surface area contributed by atoms with Crippen molar-refractivity contribution in [3.63, 3.8) is 0 Å². The lowest BCUT2D eigenvalue weighted by atomic mass is 10.1. The fraction of sp³-hybridized carbons (Fsp3) is 0.154. The number of aromatic nitrogens is 2. The number of carbonyl (C=O) groups is 1. The van der Waals surface area contributed by atoms with E-state index in [1.165, 1.54) is 16.8 Å². The van der Waals surface area contributed by atoms with Crippen LogP contribution in [-0.2, 0) is 6.54 Å². The molecular weight excluding hydrogens is 367 g/mol. The minimum absolute atomic E-state index is 0.102. The van der Waals surface area contributed by atoms with Crippen LogP contribution in [0.25, 0.3) is 0 Å². The summed E-state index contributed by atoms with van der Waals surface area (Å²) in [6, 6.07) is 4.60. The molecule has 0 saturated heterocycles. The smallest absolute Gasteiger partial charge is 0.268 e. The number of hydrogen-bond donors (Lipinski definition) is 0. The number of hydrogen-bond acceptors (Lipinski definition) is 3. The van der Waals surface area contributed by atoms with E-state index in [1.807, 2.05) is 0 Å². The zero-order valence-electron chi connectivity index (χ0n) is 10.4. The number of ketones is 1. The number of nitrogens with zero attached hydrogens (tertiary/aromatic N) is 2. The fourth-order valence-electron chi connectivity index (χ4n) is 1.64. The molecule has 1 aromatic heterocycles. The van der Waals surface area contributed by atoms with Gasteiger partial charge >= 0.3 is 0 Å². The summed E-state index contributed by atoms with van der Waals surface area (Å²) < 4.78 is 1.61. The van der Waals surface area contributed by atoms with Gasteiger partial charge in [0.15, 0.2) is 5.78 Å². The van der Waals surface area contributed by atoms with Gasteiger partial charge in [-0.25, -0.2) is 4.98 Å². The second-order valence-corrected chi connectivity index (χ2v) is 5.77. The Morgan fingerprint density at radius 3 is 2.70 bits per heavy atom. The molecule has 0 saturated carbocycles. The molecule has 0 radical (unpaired) electrons. The van der Waals surface area contributed by atoms with Crippen LogP contribution >= 0.6 is 39.1 Å². The molecule has 0 unspecified atom stereocenters. The van der Waals surface area contributed by atoms with Crippen molar-refractivity contribution < 1.29 is 4.79 Å². The second-order valence-electron chi connectivity index (χ2n) is 4.10. The summed E-state index contributed by atoms with van der Waals surface area (Å²) in [5, 5.41) is 0.676. The Labute approximate surface area is 133 Å². The van der Waals surface area contributed by atoms with Gasteiger partial charge in [-0.2, -0.15) is 0 Å². The summed E-state index contributed by atoms with van der Waals surface area (Å²) in [6.45, 7) is 1.56. The minimum Gasteiger partial charge on any atom is -0.292 e. The molecular formula is C13H9BrCl2N2O2. The normalized spacial score (nSPS) is 10.6. The fourth-order valence-corrected chi connectivity index (χ4v) is 2.26. The molecule has 2 rings (SSSR count). The molecule has 0 amide bonds. The molecule has 4 nitrogen and oxygen atoms in total. The molecule has 0 N–H and O–H groups in total. The number of halogens is 3. The molecule has 0 aliphatic carbocycles. The van der Waals surface area contributed by atoms with E-state index in [9.17, 15) is 9.59 Å². The SMILES string of the molecule is Cc1ncc(Br)c(=O)n1CC(=O)c1ccc(Cl)c(Cl)c1. The van der Waals surface area contributed by atoms with Gasteiger partial charge in [-0.15, -0.1) is 0 Å². The van der Waals surface area contributed by atoms with Gasteiger partial charge in [-0.1, -0.05) is 23.2 Å². The van der Waals surface area contributed by atoms with E-state index in [-0.39, 0.29) is 17.9 Å². The number of Topliss-reactive ketones (excluding diaryl/α,β-unsaturated/α-hetero) is 1. The van der Waals surface area contributed by atoms with Crippen LogP contribution in [0.5, 0.6) is 0 Å². The molecule has 104 valence electrons. The minimum atomic E-state index is -0.300. The third-order valence-corrected chi connectivity index (χ3v) is 4.03. The van der Waals surface area contributed by atoms with Gasteiger partial charge in [0.1, 0.15) is 10.3 Å². The molecule has 0 spiro atoms. The van der Waals surface area contributed by atoms with E-state index in [2.05, 4.69) is 20.9 Å². The predicted octanol–water partition coefficient (Wildman–Crippen LogP) is 3.50. The predicted molar refractivity (Wildman–Crippen MR) is 81.7 cm³/mol. The molecule has 1 heterocycles. The molecule has 2 aromatic rings. The third kappa shape index (κ3) is 3.11. The Morgan fingerprint density at radius 2 is 2.05 bits per heavy atom. The maximum absolute atomic E-state index is 12.2. The highest BCUT2D eigenvalue weighted by Crippen LogP contribution is 2.23. The maximum atomic E-state index is 12.2. The van der Waals surface area contributed by atoms with Crippen LogP contribution in [0.1, 0.15) is 16.2 Å². The van der Waals surface area contributed by atoms with Gasteiger partial charge in [0, 0.05) is 11.8 Å². The van der Waals surface area contributed by atoms with E-state index in [4.69, 9.17) is 23.2 Å². The first-order valence-electron chi connectivity index (χ1n) is 5.60. The summed E-state index contributed by atoms with van der Waals surface area (Å²) in [5.41, 5.74) is 0.0941. The number of aryl methyl sites for hydroxylation is 1. The number of rotatable bonds is 3. The first-order chi connectivity index (χ1) is 9.40. The van der Waals surface area contributed by atoms with Crippen LogP contribution in [0.2, 0.25) is 10.0 Å². The average Bonchev–Trinajstić information content (AvgIpc) is 2.42. The summed E-state index contributed by atoms with van der Waals surface area (Å²) in [6.07, 6.45) is 1.41. The van der Waals surface area contributed by atoms with Crippen LogP contribution in [0.3, 0.4) is 0 Å². The largest absolute Gasteiger partial charge is 0.292 e. The van der Waals surface area contributed by atoms with E-state index in [1.54, 1.807) is 19.1 Å². The lowest BCUT2D eigenvalue weighted by Gasteiger charge is -2.09. The highest BCUT2D eigenvalue weighted by atomic mass is 79.9. The Kier molecular flexibility index (Phi) is 4.62. The molecule has 0 aliphatic heterocycles. The molecule has 1 aromatic carbocycles. The van der Waals surface area contributed by atoms with Gasteiger partial charge in [0.25, 0.3) is 5.56 Å². The first-order valence-corrected chi connectivity index (χ1v) is 7.15. The summed E-state index contributed by atoms with van der Waals surface area (Å²) >= 11 is 14.8. The monoisotopic (exact) mass is 374 g/mol. The highest BCUT2D eigenvalue weighted by molar-refractivity contribution is 9.10. The molecule has 20 heavy (non-hydrogen) atoms. The van der Waals surface area contributed by atoms with Crippen LogP contribution in [0.4, 0.5) is 0 Å². The van der Waals surface area contributed by atoms with E-state index < -0.39 is 0 Å². The van der Waals surface area contributed by atoms with Crippen molar-refractivity contribution in [1.29, 1.82) is 0 Å². The zero-order chi connectivity index (χ0) is 14.9. The van der Waals surface area contributed by atoms with Crippen molar-refractivity contribution in [3.05, 3.63) is 60.7 Å². The molecule has 0 aliphatic rings. The van der Waals surface area contributed by atoms with Gasteiger partial charge in [0.2, 0.25) is 0 Å². The Hall–Kier alpha value is -1.17. The topological polar surface area (TPSA) is 52.0 Å². The lowest BCUT2D eigenvalue weighted by molar-refractivity contribution is 0.0969. The Balaban J connectivity index is 2.35. The van der Waals surface area contributed by atoms with Gasteiger partial charge < -0.3 is 0 Å². The second kappa shape index (κ2) is 6.08. The number of benzene rings is 1. The van der Waals surface area contributed by atoms with Crippen molar-refractivity contribution in [3.8, 4) is 0 Å². The van der Waals surface area contributed by atoms with E-state index in [0.717, 1.165) is 0 Å². The van der Waals surface area contributed by atoms with Crippen LogP contribution < -0.4 is 5.56 Å². The summed E-state index contributed by atoms with van der Waals surface area (Å²) in [7, 11) is 0. The van der Waals surface area contributed by atoms with Gasteiger partial charge in [0.05, 0.1) is 16.6 Å². The van der Waals surface area contributed by atoms with Crippen LogP contribution in [0.15, 0.2) is 33.7 Å². The first kappa shape index (κ1) is 15.2. The molecule has 0 fully saturated rings. The highest BCUT2D eigenvalue weighted by Gasteiger charge is 2.13. The summed E-state index contributed by atoms with van der Waals surface area (Å²) in [5.74, 6) is 0.222. The summed E-state index contributed by atoms with van der Waals surface area (Å²) in [4.78, 5) is 28.2. The molecule has 0 bridgehead atoms. The van der Waals surface area contributed by atoms with Crippen molar-refractivity contribution in [1.82, 2.24) is 9.55 Å². The van der Waals surface area contributed by atoms with Crippen LogP contribution in [-0.4, -0.2) is 15.3 Å².